The number of carbonyl (C=O) groups is 1. The van der Waals surface area contributed by atoms with Crippen molar-refractivity contribution in [2.24, 2.45) is 4.99 Å². The molecule has 26 heavy (non-hydrogen) atoms. The Morgan fingerprint density at radius 1 is 1.00 bits per heavy atom. The lowest BCUT2D eigenvalue weighted by atomic mass is 10.1. The summed E-state index contributed by atoms with van der Waals surface area (Å²) in [6.45, 7) is 3.79. The second kappa shape index (κ2) is 9.56. The molecule has 0 aliphatic carbocycles. The van der Waals surface area contributed by atoms with E-state index in [-0.39, 0.29) is 11.7 Å². The summed E-state index contributed by atoms with van der Waals surface area (Å²) in [5.41, 5.74) is 2.65. The third-order valence-corrected chi connectivity index (χ3v) is 3.74. The van der Waals surface area contributed by atoms with Gasteiger partial charge in [0.15, 0.2) is 5.96 Å². The highest BCUT2D eigenvalue weighted by Crippen LogP contribution is 2.08. The Morgan fingerprint density at radius 2 is 1.62 bits per heavy atom. The van der Waals surface area contributed by atoms with Gasteiger partial charge in [-0.2, -0.15) is 0 Å². The van der Waals surface area contributed by atoms with Crippen molar-refractivity contribution in [1.29, 1.82) is 0 Å². The Bertz CT molecular complexity index is 739. The van der Waals surface area contributed by atoms with Crippen molar-refractivity contribution in [3.63, 3.8) is 0 Å². The van der Waals surface area contributed by atoms with E-state index in [9.17, 15) is 9.18 Å². The molecule has 2 aromatic rings. The quantitative estimate of drug-likeness (QED) is 0.618. The second-order valence-corrected chi connectivity index (χ2v) is 6.07. The minimum Gasteiger partial charge on any atom is -0.357 e. The lowest BCUT2D eigenvalue weighted by Gasteiger charge is -2.12. The van der Waals surface area contributed by atoms with Gasteiger partial charge in [0, 0.05) is 32.7 Å². The number of hydrogen-bond acceptors (Lipinski definition) is 2. The highest BCUT2D eigenvalue weighted by Gasteiger charge is 2.07. The molecule has 0 fully saturated rings. The first-order chi connectivity index (χ1) is 12.5. The Balaban J connectivity index is 1.97. The predicted molar refractivity (Wildman–Crippen MR) is 103 cm³/mol. The summed E-state index contributed by atoms with van der Waals surface area (Å²) < 4.78 is 13.0. The number of aliphatic imine (C=N–C) groups is 1. The first kappa shape index (κ1) is 19.4. The van der Waals surface area contributed by atoms with Crippen LogP contribution in [0.15, 0.2) is 53.5 Å². The normalized spacial score (nSPS) is 11.2. The van der Waals surface area contributed by atoms with Crippen molar-refractivity contribution in [2.45, 2.75) is 20.0 Å². The number of hydrogen-bond donors (Lipinski definition) is 2. The predicted octanol–water partition coefficient (Wildman–Crippen LogP) is 2.78. The molecule has 138 valence electrons. The topological polar surface area (TPSA) is 56.7 Å². The zero-order chi connectivity index (χ0) is 18.9. The largest absolute Gasteiger partial charge is 0.357 e. The Kier molecular flexibility index (Phi) is 7.14. The summed E-state index contributed by atoms with van der Waals surface area (Å²) in [6, 6.07) is 13.8. The Hall–Kier alpha value is -2.89. The number of benzene rings is 2. The van der Waals surface area contributed by atoms with Crippen molar-refractivity contribution in [2.75, 3.05) is 20.6 Å². The molecule has 0 aliphatic rings. The summed E-state index contributed by atoms with van der Waals surface area (Å²) in [5, 5.41) is 6.41. The Morgan fingerprint density at radius 3 is 2.19 bits per heavy atom. The highest BCUT2D eigenvalue weighted by molar-refractivity contribution is 5.93. The molecular weight excluding hydrogens is 331 g/mol. The molecule has 0 unspecified atom stereocenters. The van der Waals surface area contributed by atoms with Crippen LogP contribution in [0, 0.1) is 5.82 Å². The molecule has 1 amide bonds. The fourth-order valence-electron chi connectivity index (χ4n) is 2.31. The van der Waals surface area contributed by atoms with E-state index in [0.29, 0.717) is 24.6 Å². The standard InChI is InChI=1S/C20H25FN4O/c1-4-22-20(24-14-16-7-11-18(21)12-8-16)23-13-15-5-9-17(10-6-15)19(26)25(2)3/h5-12H,4,13-14H2,1-3H3,(H2,22,23,24). The molecule has 0 aliphatic heterocycles. The minimum absolute atomic E-state index is 0.0191. The molecule has 0 bridgehead atoms. The molecule has 0 heterocycles. The fourth-order valence-corrected chi connectivity index (χ4v) is 2.31. The molecule has 0 saturated carbocycles. The number of carbonyl (C=O) groups excluding carboxylic acids is 1. The lowest BCUT2D eigenvalue weighted by molar-refractivity contribution is 0.0827. The molecule has 2 N–H and O–H groups in total. The van der Waals surface area contributed by atoms with Gasteiger partial charge in [-0.05, 0) is 42.3 Å². The second-order valence-electron chi connectivity index (χ2n) is 6.07. The summed E-state index contributed by atoms with van der Waals surface area (Å²) in [7, 11) is 3.46. The Labute approximate surface area is 153 Å². The molecule has 6 heteroatoms. The third kappa shape index (κ3) is 5.88. The fraction of sp³-hybridized carbons (Fsp3) is 0.300. The van der Waals surface area contributed by atoms with E-state index in [2.05, 4.69) is 15.6 Å². The van der Waals surface area contributed by atoms with Crippen molar-refractivity contribution in [1.82, 2.24) is 15.5 Å². The van der Waals surface area contributed by atoms with Crippen molar-refractivity contribution in [3.05, 3.63) is 71.0 Å². The van der Waals surface area contributed by atoms with Gasteiger partial charge in [-0.1, -0.05) is 24.3 Å². The zero-order valence-electron chi connectivity index (χ0n) is 15.4. The van der Waals surface area contributed by atoms with Crippen LogP contribution in [0.4, 0.5) is 4.39 Å². The van der Waals surface area contributed by atoms with E-state index in [1.165, 1.54) is 12.1 Å². The van der Waals surface area contributed by atoms with Gasteiger partial charge in [0.05, 0.1) is 6.54 Å². The maximum atomic E-state index is 13.0. The van der Waals surface area contributed by atoms with Crippen LogP contribution in [-0.4, -0.2) is 37.4 Å². The van der Waals surface area contributed by atoms with E-state index in [4.69, 9.17) is 0 Å². The molecule has 2 aromatic carbocycles. The van der Waals surface area contributed by atoms with Crippen LogP contribution in [0.5, 0.6) is 0 Å². The summed E-state index contributed by atoms with van der Waals surface area (Å²) in [5.74, 6) is 0.421. The molecule has 0 spiro atoms. The van der Waals surface area contributed by atoms with Gasteiger partial charge in [-0.15, -0.1) is 0 Å². The summed E-state index contributed by atoms with van der Waals surface area (Å²) in [6.07, 6.45) is 0. The van der Waals surface area contributed by atoms with Gasteiger partial charge < -0.3 is 15.5 Å². The molecule has 0 saturated heterocycles. The number of nitrogens with one attached hydrogen (secondary N) is 2. The zero-order valence-corrected chi connectivity index (χ0v) is 15.4. The monoisotopic (exact) mass is 356 g/mol. The maximum Gasteiger partial charge on any atom is 0.253 e. The number of rotatable bonds is 6. The molecule has 0 atom stereocenters. The molecule has 0 radical (unpaired) electrons. The number of nitrogens with zero attached hydrogens (tertiary/aromatic N) is 2. The summed E-state index contributed by atoms with van der Waals surface area (Å²) >= 11 is 0. The van der Waals surface area contributed by atoms with Gasteiger partial charge in [0.25, 0.3) is 5.91 Å². The average molecular weight is 356 g/mol. The van der Waals surface area contributed by atoms with Crippen molar-refractivity contribution in [3.8, 4) is 0 Å². The van der Waals surface area contributed by atoms with E-state index >= 15 is 0 Å². The van der Waals surface area contributed by atoms with E-state index < -0.39 is 0 Å². The van der Waals surface area contributed by atoms with Crippen LogP contribution in [0.1, 0.15) is 28.4 Å². The van der Waals surface area contributed by atoms with Crippen LogP contribution in [0.3, 0.4) is 0 Å². The molecule has 2 rings (SSSR count). The minimum atomic E-state index is -0.245. The van der Waals surface area contributed by atoms with Gasteiger partial charge in [-0.25, -0.2) is 9.38 Å². The lowest BCUT2D eigenvalue weighted by Crippen LogP contribution is -2.36. The van der Waals surface area contributed by atoms with Gasteiger partial charge >= 0.3 is 0 Å². The first-order valence-electron chi connectivity index (χ1n) is 8.57. The SMILES string of the molecule is CCNC(=NCc1ccc(C(=O)N(C)C)cc1)NCc1ccc(F)cc1. The molecule has 0 aromatic heterocycles. The van der Waals surface area contributed by atoms with E-state index in [0.717, 1.165) is 17.7 Å². The van der Waals surface area contributed by atoms with Crippen molar-refractivity contribution < 1.29 is 9.18 Å². The molecule has 5 nitrogen and oxygen atoms in total. The van der Waals surface area contributed by atoms with Crippen LogP contribution >= 0.6 is 0 Å². The first-order valence-corrected chi connectivity index (χ1v) is 8.57. The van der Waals surface area contributed by atoms with Crippen molar-refractivity contribution >= 4 is 11.9 Å². The summed E-state index contributed by atoms with van der Waals surface area (Å²) in [4.78, 5) is 18.0. The third-order valence-electron chi connectivity index (χ3n) is 3.74. The van der Waals surface area contributed by atoms with E-state index in [1.807, 2.05) is 31.2 Å². The smallest absolute Gasteiger partial charge is 0.253 e. The number of guanidine groups is 1. The number of amides is 1. The van der Waals surface area contributed by atoms with Gasteiger partial charge in [-0.3, -0.25) is 4.79 Å². The van der Waals surface area contributed by atoms with Gasteiger partial charge in [0.2, 0.25) is 0 Å². The van der Waals surface area contributed by atoms with Crippen LogP contribution in [-0.2, 0) is 13.1 Å². The van der Waals surface area contributed by atoms with Gasteiger partial charge in [0.1, 0.15) is 5.82 Å². The molecular formula is C20H25FN4O. The highest BCUT2D eigenvalue weighted by atomic mass is 19.1. The van der Waals surface area contributed by atoms with E-state index in [1.54, 1.807) is 31.1 Å². The maximum absolute atomic E-state index is 13.0. The van der Waals surface area contributed by atoms with Crippen LogP contribution < -0.4 is 10.6 Å². The van der Waals surface area contributed by atoms with Crippen LogP contribution in [0.25, 0.3) is 0 Å². The average Bonchev–Trinajstić information content (AvgIpc) is 2.65. The number of halogens is 1. The van der Waals surface area contributed by atoms with Crippen LogP contribution in [0.2, 0.25) is 0 Å².